The number of hydrogen-bond donors (Lipinski definition) is 0. The summed E-state index contributed by atoms with van der Waals surface area (Å²) < 4.78 is 0. The van der Waals surface area contributed by atoms with Gasteiger partial charge in [0.1, 0.15) is 5.84 Å². The highest BCUT2D eigenvalue weighted by Crippen LogP contribution is 2.14. The summed E-state index contributed by atoms with van der Waals surface area (Å²) in [5.41, 5.74) is 0.588. The van der Waals surface area contributed by atoms with Crippen LogP contribution in [0.3, 0.4) is 0 Å². The Morgan fingerprint density at radius 1 is 1.22 bits per heavy atom. The molecule has 0 aliphatic carbocycles. The van der Waals surface area contributed by atoms with Crippen LogP contribution in [0.5, 0.6) is 0 Å². The molecule has 0 atom stereocenters. The Morgan fingerprint density at radius 2 is 1.94 bits per heavy atom. The fourth-order valence-corrected chi connectivity index (χ4v) is 2.17. The van der Waals surface area contributed by atoms with E-state index in [0.717, 1.165) is 25.2 Å². The summed E-state index contributed by atoms with van der Waals surface area (Å²) >= 11 is 5.80. The van der Waals surface area contributed by atoms with E-state index in [2.05, 4.69) is 9.89 Å². The molecule has 18 heavy (non-hydrogen) atoms. The van der Waals surface area contributed by atoms with Gasteiger partial charge in [0, 0.05) is 30.6 Å². The molecule has 2 rings (SSSR count). The van der Waals surface area contributed by atoms with Crippen molar-refractivity contribution in [1.82, 2.24) is 4.90 Å². The van der Waals surface area contributed by atoms with Gasteiger partial charge in [-0.15, -0.1) is 0 Å². The molecule has 1 saturated heterocycles. The lowest BCUT2D eigenvalue weighted by Crippen LogP contribution is -2.26. The number of hydrogen-bond acceptors (Lipinski definition) is 1. The standard InChI is InChI=1S/C14H17ClN2O/c1-17-10-4-2-3-5-13(17)16-14(18)11-6-8-12(15)9-7-11/h6-9H,2-5,10H2,1H3. The van der Waals surface area contributed by atoms with Crippen LogP contribution in [0.4, 0.5) is 0 Å². The zero-order valence-corrected chi connectivity index (χ0v) is 11.3. The molecule has 1 heterocycles. The first-order chi connectivity index (χ1) is 8.66. The minimum atomic E-state index is -0.185. The van der Waals surface area contributed by atoms with Crippen molar-refractivity contribution in [2.75, 3.05) is 13.6 Å². The second kappa shape index (κ2) is 6.01. The van der Waals surface area contributed by atoms with E-state index in [4.69, 9.17) is 11.6 Å². The lowest BCUT2D eigenvalue weighted by atomic mass is 10.2. The monoisotopic (exact) mass is 264 g/mol. The number of amides is 1. The maximum absolute atomic E-state index is 12.0. The minimum absolute atomic E-state index is 0.185. The largest absolute Gasteiger partial charge is 0.363 e. The molecule has 96 valence electrons. The number of carbonyl (C=O) groups excluding carboxylic acids is 1. The molecule has 1 fully saturated rings. The minimum Gasteiger partial charge on any atom is -0.363 e. The maximum atomic E-state index is 12.0. The fourth-order valence-electron chi connectivity index (χ4n) is 2.04. The number of rotatable bonds is 1. The van der Waals surface area contributed by atoms with Gasteiger partial charge < -0.3 is 4.90 Å². The van der Waals surface area contributed by atoms with Crippen molar-refractivity contribution in [2.45, 2.75) is 25.7 Å². The van der Waals surface area contributed by atoms with Gasteiger partial charge in [-0.1, -0.05) is 18.0 Å². The number of aliphatic imine (C=N–C) groups is 1. The van der Waals surface area contributed by atoms with Gasteiger partial charge in [-0.2, -0.15) is 4.99 Å². The molecule has 4 heteroatoms. The SMILES string of the molecule is CN1CCCCCC1=NC(=O)c1ccc(Cl)cc1. The zero-order chi connectivity index (χ0) is 13.0. The zero-order valence-electron chi connectivity index (χ0n) is 10.5. The van der Waals surface area contributed by atoms with E-state index in [-0.39, 0.29) is 5.91 Å². The molecule has 0 unspecified atom stereocenters. The van der Waals surface area contributed by atoms with Gasteiger partial charge in [-0.3, -0.25) is 4.79 Å². The number of carbonyl (C=O) groups is 1. The highest BCUT2D eigenvalue weighted by Gasteiger charge is 2.13. The first kappa shape index (κ1) is 13.1. The fraction of sp³-hybridized carbons (Fsp3) is 0.429. The van der Waals surface area contributed by atoms with Crippen LogP contribution < -0.4 is 0 Å². The van der Waals surface area contributed by atoms with Crippen LogP contribution in [0.1, 0.15) is 36.0 Å². The summed E-state index contributed by atoms with van der Waals surface area (Å²) in [5.74, 6) is 0.711. The predicted molar refractivity (Wildman–Crippen MR) is 74.3 cm³/mol. The second-order valence-electron chi connectivity index (χ2n) is 4.57. The maximum Gasteiger partial charge on any atom is 0.278 e. The van der Waals surface area contributed by atoms with E-state index in [9.17, 15) is 4.79 Å². The van der Waals surface area contributed by atoms with Crippen molar-refractivity contribution in [3.05, 3.63) is 34.9 Å². The molecule has 3 nitrogen and oxygen atoms in total. The quantitative estimate of drug-likeness (QED) is 0.779. The van der Waals surface area contributed by atoms with Gasteiger partial charge in [0.2, 0.25) is 0 Å². The average molecular weight is 265 g/mol. The van der Waals surface area contributed by atoms with Crippen molar-refractivity contribution in [3.63, 3.8) is 0 Å². The summed E-state index contributed by atoms with van der Waals surface area (Å²) in [6.07, 6.45) is 4.37. The molecule has 0 N–H and O–H groups in total. The highest BCUT2D eigenvalue weighted by molar-refractivity contribution is 6.30. The van der Waals surface area contributed by atoms with E-state index < -0.39 is 0 Å². The Labute approximate surface area is 112 Å². The van der Waals surface area contributed by atoms with Crippen LogP contribution in [0.15, 0.2) is 29.3 Å². The third-order valence-electron chi connectivity index (χ3n) is 3.16. The van der Waals surface area contributed by atoms with Gasteiger partial charge in [-0.05, 0) is 37.1 Å². The molecule has 1 aliphatic heterocycles. The Bertz CT molecular complexity index is 453. The van der Waals surface area contributed by atoms with E-state index in [1.165, 1.54) is 12.8 Å². The smallest absolute Gasteiger partial charge is 0.278 e. The van der Waals surface area contributed by atoms with Gasteiger partial charge in [-0.25, -0.2) is 0 Å². The van der Waals surface area contributed by atoms with Crippen LogP contribution >= 0.6 is 11.6 Å². The van der Waals surface area contributed by atoms with Gasteiger partial charge in [0.15, 0.2) is 0 Å². The Hall–Kier alpha value is -1.35. The molecule has 1 aromatic rings. The van der Waals surface area contributed by atoms with E-state index in [0.29, 0.717) is 10.6 Å². The van der Waals surface area contributed by atoms with Crippen LogP contribution in [-0.2, 0) is 0 Å². The van der Waals surface area contributed by atoms with Crippen molar-refractivity contribution >= 4 is 23.3 Å². The van der Waals surface area contributed by atoms with E-state index >= 15 is 0 Å². The first-order valence-electron chi connectivity index (χ1n) is 6.25. The third kappa shape index (κ3) is 3.33. The molecular formula is C14H17ClN2O. The lowest BCUT2D eigenvalue weighted by molar-refractivity contribution is 0.100. The van der Waals surface area contributed by atoms with Crippen molar-refractivity contribution in [3.8, 4) is 0 Å². The predicted octanol–water partition coefficient (Wildman–Crippen LogP) is 3.38. The molecule has 0 aromatic heterocycles. The third-order valence-corrected chi connectivity index (χ3v) is 3.41. The molecule has 0 radical (unpaired) electrons. The molecule has 0 saturated carbocycles. The Balaban J connectivity index is 2.15. The highest BCUT2D eigenvalue weighted by atomic mass is 35.5. The van der Waals surface area contributed by atoms with Crippen LogP contribution in [0, 0.1) is 0 Å². The molecule has 1 aliphatic rings. The number of nitrogens with zero attached hydrogens (tertiary/aromatic N) is 2. The average Bonchev–Trinajstić information content (AvgIpc) is 2.56. The Morgan fingerprint density at radius 3 is 2.67 bits per heavy atom. The Kier molecular flexibility index (Phi) is 4.37. The first-order valence-corrected chi connectivity index (χ1v) is 6.63. The molecule has 1 amide bonds. The summed E-state index contributed by atoms with van der Waals surface area (Å²) in [4.78, 5) is 18.3. The van der Waals surface area contributed by atoms with Crippen molar-refractivity contribution in [2.24, 2.45) is 4.99 Å². The number of halogens is 1. The summed E-state index contributed by atoms with van der Waals surface area (Å²) in [7, 11) is 2.00. The van der Waals surface area contributed by atoms with Crippen molar-refractivity contribution in [1.29, 1.82) is 0 Å². The van der Waals surface area contributed by atoms with E-state index in [1.54, 1.807) is 24.3 Å². The van der Waals surface area contributed by atoms with Crippen LogP contribution in [0.2, 0.25) is 5.02 Å². The van der Waals surface area contributed by atoms with Crippen LogP contribution in [-0.4, -0.2) is 30.2 Å². The number of amidine groups is 1. The van der Waals surface area contributed by atoms with Gasteiger partial charge >= 0.3 is 0 Å². The van der Waals surface area contributed by atoms with Gasteiger partial charge in [0.25, 0.3) is 5.91 Å². The number of benzene rings is 1. The normalized spacial score (nSPS) is 18.8. The molecular weight excluding hydrogens is 248 g/mol. The summed E-state index contributed by atoms with van der Waals surface area (Å²) in [6.45, 7) is 0.979. The summed E-state index contributed by atoms with van der Waals surface area (Å²) in [5, 5.41) is 0.630. The van der Waals surface area contributed by atoms with Crippen molar-refractivity contribution < 1.29 is 4.79 Å². The lowest BCUT2D eigenvalue weighted by Gasteiger charge is -2.17. The van der Waals surface area contributed by atoms with E-state index in [1.807, 2.05) is 7.05 Å². The second-order valence-corrected chi connectivity index (χ2v) is 5.01. The molecule has 1 aromatic carbocycles. The topological polar surface area (TPSA) is 32.7 Å². The summed E-state index contributed by atoms with van der Waals surface area (Å²) in [6, 6.07) is 6.86. The molecule has 0 spiro atoms. The molecule has 0 bridgehead atoms. The number of likely N-dealkylation sites (tertiary alicyclic amines) is 1. The van der Waals surface area contributed by atoms with Crippen LogP contribution in [0.25, 0.3) is 0 Å². The van der Waals surface area contributed by atoms with Gasteiger partial charge in [0.05, 0.1) is 0 Å².